The van der Waals surface area contributed by atoms with Gasteiger partial charge in [0.1, 0.15) is 5.78 Å². The highest BCUT2D eigenvalue weighted by Gasteiger charge is 2.22. The monoisotopic (exact) mass is 472 g/mol. The van der Waals surface area contributed by atoms with Crippen LogP contribution in [-0.2, 0) is 32.3 Å². The molecule has 1 heterocycles. The number of rotatable bonds is 16. The van der Waals surface area contributed by atoms with E-state index >= 15 is 0 Å². The first-order chi connectivity index (χ1) is 16.2. The summed E-state index contributed by atoms with van der Waals surface area (Å²) in [6.45, 7) is 2.93. The van der Waals surface area contributed by atoms with Crippen LogP contribution in [0.2, 0.25) is 0 Å². The van der Waals surface area contributed by atoms with Crippen molar-refractivity contribution in [3.63, 3.8) is 0 Å². The lowest BCUT2D eigenvalue weighted by Crippen LogP contribution is -2.32. The molecule has 1 atom stereocenters. The Hall–Kier alpha value is -2.88. The number of ketones is 3. The van der Waals surface area contributed by atoms with Crippen LogP contribution in [0.15, 0.2) is 30.3 Å². The highest BCUT2D eigenvalue weighted by molar-refractivity contribution is 6.05. The van der Waals surface area contributed by atoms with Crippen molar-refractivity contribution < 1.29 is 24.3 Å². The topological polar surface area (TPSA) is 121 Å². The first-order valence-electron chi connectivity index (χ1n) is 11.7. The standard InChI is InChI=1S/C25H36N4O5/c1-18(30)8-6-11-22(31)25(34)23(32)12-7-14-27-24(33)13-15-29-20(17-28(3)26-2)16-19-9-4-5-10-21(19)29/h4-5,9-10,16,25-26,34H,6-8,11-15,17H2,1-3H3,(H,27,33). The molecule has 1 aromatic carbocycles. The largest absolute Gasteiger partial charge is 0.378 e. The summed E-state index contributed by atoms with van der Waals surface area (Å²) in [6.07, 6.45) is -0.429. The lowest BCUT2D eigenvalue weighted by molar-refractivity contribution is -0.138. The van der Waals surface area contributed by atoms with E-state index in [0.29, 0.717) is 32.4 Å². The van der Waals surface area contributed by atoms with Gasteiger partial charge in [-0.3, -0.25) is 19.8 Å². The van der Waals surface area contributed by atoms with E-state index in [9.17, 15) is 24.3 Å². The van der Waals surface area contributed by atoms with Crippen LogP contribution in [0.4, 0.5) is 0 Å². The van der Waals surface area contributed by atoms with Gasteiger partial charge in [-0.1, -0.05) is 18.2 Å². The van der Waals surface area contributed by atoms with Gasteiger partial charge in [0, 0.05) is 57.0 Å². The summed E-state index contributed by atoms with van der Waals surface area (Å²) in [4.78, 5) is 47.2. The van der Waals surface area contributed by atoms with Gasteiger partial charge in [-0.2, -0.15) is 0 Å². The minimum Gasteiger partial charge on any atom is -0.378 e. The highest BCUT2D eigenvalue weighted by Crippen LogP contribution is 2.21. The van der Waals surface area contributed by atoms with Gasteiger partial charge in [-0.25, -0.2) is 5.01 Å². The lowest BCUT2D eigenvalue weighted by Gasteiger charge is -2.17. The molecule has 0 saturated carbocycles. The minimum absolute atomic E-state index is 0.00261. The van der Waals surface area contributed by atoms with Gasteiger partial charge < -0.3 is 19.8 Å². The average molecular weight is 473 g/mol. The Morgan fingerprint density at radius 1 is 1.03 bits per heavy atom. The first-order valence-corrected chi connectivity index (χ1v) is 11.7. The number of Topliss-reactive ketones (excluding diaryl/α,β-unsaturated/α-hetero) is 3. The molecule has 1 amide bonds. The van der Waals surface area contributed by atoms with Crippen LogP contribution in [0.25, 0.3) is 10.9 Å². The zero-order valence-corrected chi connectivity index (χ0v) is 20.3. The molecule has 0 aliphatic carbocycles. The smallest absolute Gasteiger partial charge is 0.221 e. The van der Waals surface area contributed by atoms with Gasteiger partial charge in [-0.15, -0.1) is 0 Å². The van der Waals surface area contributed by atoms with Crippen LogP contribution in [0, 0.1) is 0 Å². The first kappa shape index (κ1) is 27.4. The van der Waals surface area contributed by atoms with Crippen molar-refractivity contribution in [2.45, 2.75) is 64.6 Å². The van der Waals surface area contributed by atoms with Gasteiger partial charge in [0.15, 0.2) is 17.7 Å². The Kier molecular flexibility index (Phi) is 11.1. The quantitative estimate of drug-likeness (QED) is 0.193. The molecule has 3 N–H and O–H groups in total. The van der Waals surface area contributed by atoms with E-state index in [1.807, 2.05) is 43.4 Å². The number of aliphatic hydroxyl groups is 1. The molecule has 0 aliphatic heterocycles. The van der Waals surface area contributed by atoms with Crippen molar-refractivity contribution in [2.75, 3.05) is 20.6 Å². The molecule has 0 aliphatic rings. The van der Waals surface area contributed by atoms with E-state index in [4.69, 9.17) is 0 Å². The van der Waals surface area contributed by atoms with Crippen molar-refractivity contribution in [1.29, 1.82) is 0 Å². The SMILES string of the molecule is CNN(C)Cc1cc2ccccc2n1CCC(=O)NCCCC(=O)C(O)C(=O)CCCC(C)=O. The average Bonchev–Trinajstić information content (AvgIpc) is 3.16. The van der Waals surface area contributed by atoms with Crippen LogP contribution in [0.1, 0.15) is 51.1 Å². The number of carbonyl (C=O) groups is 4. The molecule has 1 aromatic heterocycles. The van der Waals surface area contributed by atoms with Crippen LogP contribution in [0.5, 0.6) is 0 Å². The second kappa shape index (κ2) is 13.7. The number of carbonyl (C=O) groups excluding carboxylic acids is 4. The number of para-hydroxylation sites is 1. The maximum absolute atomic E-state index is 12.4. The maximum Gasteiger partial charge on any atom is 0.221 e. The number of hydrogen-bond acceptors (Lipinski definition) is 7. The summed E-state index contributed by atoms with van der Waals surface area (Å²) in [6, 6.07) is 10.2. The number of benzene rings is 1. The number of amides is 1. The van der Waals surface area contributed by atoms with Crippen LogP contribution < -0.4 is 10.7 Å². The Balaban J connectivity index is 1.77. The molecule has 2 rings (SSSR count). The molecule has 1 unspecified atom stereocenters. The van der Waals surface area contributed by atoms with E-state index < -0.39 is 17.7 Å². The van der Waals surface area contributed by atoms with Crippen LogP contribution in [-0.4, -0.2) is 64.7 Å². The molecule has 0 radical (unpaired) electrons. The van der Waals surface area contributed by atoms with Crippen molar-refractivity contribution in [3.8, 4) is 0 Å². The van der Waals surface area contributed by atoms with Crippen molar-refractivity contribution >= 4 is 34.2 Å². The number of aromatic nitrogens is 1. The second-order valence-corrected chi connectivity index (χ2v) is 8.52. The fourth-order valence-corrected chi connectivity index (χ4v) is 3.74. The van der Waals surface area contributed by atoms with Gasteiger partial charge in [0.25, 0.3) is 0 Å². The number of hydrogen-bond donors (Lipinski definition) is 3. The second-order valence-electron chi connectivity index (χ2n) is 8.52. The Morgan fingerprint density at radius 3 is 2.38 bits per heavy atom. The zero-order chi connectivity index (χ0) is 25.1. The predicted molar refractivity (Wildman–Crippen MR) is 130 cm³/mol. The summed E-state index contributed by atoms with van der Waals surface area (Å²) in [5.41, 5.74) is 5.25. The molecule has 0 saturated heterocycles. The number of nitrogens with zero attached hydrogens (tertiary/aromatic N) is 2. The van der Waals surface area contributed by atoms with Crippen LogP contribution >= 0.6 is 0 Å². The highest BCUT2D eigenvalue weighted by atomic mass is 16.3. The Labute approximate surface area is 200 Å². The summed E-state index contributed by atoms with van der Waals surface area (Å²) in [5, 5.41) is 15.7. The normalized spacial score (nSPS) is 12.1. The van der Waals surface area contributed by atoms with Crippen LogP contribution in [0.3, 0.4) is 0 Å². The summed E-state index contributed by atoms with van der Waals surface area (Å²) in [5.74, 6) is -1.28. The number of fused-ring (bicyclic) bond motifs is 1. The maximum atomic E-state index is 12.4. The Morgan fingerprint density at radius 2 is 1.71 bits per heavy atom. The molecule has 0 fully saturated rings. The van der Waals surface area contributed by atoms with Gasteiger partial charge >= 0.3 is 0 Å². The van der Waals surface area contributed by atoms with E-state index in [0.717, 1.165) is 16.6 Å². The predicted octanol–water partition coefficient (Wildman–Crippen LogP) is 1.75. The molecule has 34 heavy (non-hydrogen) atoms. The van der Waals surface area contributed by atoms with Gasteiger partial charge in [0.05, 0.1) is 6.54 Å². The van der Waals surface area contributed by atoms with Gasteiger partial charge in [0.2, 0.25) is 5.91 Å². The summed E-state index contributed by atoms with van der Waals surface area (Å²) < 4.78 is 2.14. The third kappa shape index (κ3) is 8.48. The summed E-state index contributed by atoms with van der Waals surface area (Å²) in [7, 11) is 3.81. The van der Waals surface area contributed by atoms with Crippen molar-refractivity contribution in [2.24, 2.45) is 0 Å². The zero-order valence-electron chi connectivity index (χ0n) is 20.3. The molecular formula is C25H36N4O5. The lowest BCUT2D eigenvalue weighted by atomic mass is 10.0. The summed E-state index contributed by atoms with van der Waals surface area (Å²) >= 11 is 0. The Bertz CT molecular complexity index is 1000. The fraction of sp³-hybridized carbons (Fsp3) is 0.520. The third-order valence-electron chi connectivity index (χ3n) is 5.72. The van der Waals surface area contributed by atoms with Crippen molar-refractivity contribution in [3.05, 3.63) is 36.0 Å². The molecular weight excluding hydrogens is 436 g/mol. The van der Waals surface area contributed by atoms with Gasteiger partial charge in [-0.05, 0) is 44.3 Å². The number of nitrogens with one attached hydrogen (secondary N) is 2. The van der Waals surface area contributed by atoms with Crippen molar-refractivity contribution in [1.82, 2.24) is 20.3 Å². The third-order valence-corrected chi connectivity index (χ3v) is 5.72. The molecule has 9 heteroatoms. The molecule has 2 aromatic rings. The fourth-order valence-electron chi connectivity index (χ4n) is 3.74. The van der Waals surface area contributed by atoms with E-state index in [1.54, 1.807) is 0 Å². The van der Waals surface area contributed by atoms with E-state index in [1.165, 1.54) is 6.92 Å². The molecule has 9 nitrogen and oxygen atoms in total. The molecule has 0 spiro atoms. The number of hydrazine groups is 1. The number of aliphatic hydroxyl groups excluding tert-OH is 1. The van der Waals surface area contributed by atoms with E-state index in [2.05, 4.69) is 21.4 Å². The minimum atomic E-state index is -1.65. The van der Waals surface area contributed by atoms with E-state index in [-0.39, 0.29) is 37.5 Å². The molecule has 186 valence electrons. The number of aryl methyl sites for hydroxylation is 1. The molecule has 0 bridgehead atoms.